The Morgan fingerprint density at radius 1 is 1.62 bits per heavy atom. The lowest BCUT2D eigenvalue weighted by atomic mass is 10.4. The third-order valence-corrected chi connectivity index (χ3v) is 0.432. The molecule has 44 valence electrons. The second-order valence-corrected chi connectivity index (χ2v) is 1.08. The van der Waals surface area contributed by atoms with E-state index < -0.39 is 5.97 Å². The highest BCUT2D eigenvalue weighted by Gasteiger charge is 1.80. The van der Waals surface area contributed by atoms with Gasteiger partial charge in [-0.15, -0.1) is 0 Å². The third-order valence-electron chi connectivity index (χ3n) is 0.432. The number of aliphatic carboxylic acids is 1. The molecule has 0 unspecified atom stereocenters. The Labute approximate surface area is 46.9 Å². The number of carboxylic acids is 1. The summed E-state index contributed by atoms with van der Waals surface area (Å²) in [6.07, 6.45) is 0.228. The van der Waals surface area contributed by atoms with Gasteiger partial charge >= 0.3 is 5.97 Å². The summed E-state index contributed by atoms with van der Waals surface area (Å²) in [6.45, 7) is -0.0831. The molecule has 2 N–H and O–H groups in total. The van der Waals surface area contributed by atoms with Crippen molar-refractivity contribution < 1.29 is 15.0 Å². The smallest absolute Gasteiger partial charge is 0.381 e. The molecule has 0 spiro atoms. The average molecular weight is 114 g/mol. The molecule has 0 aliphatic heterocycles. The van der Waals surface area contributed by atoms with Gasteiger partial charge in [0.05, 0.1) is 6.61 Å². The van der Waals surface area contributed by atoms with Crippen LogP contribution in [-0.2, 0) is 4.79 Å². The molecule has 3 heteroatoms. The highest BCUT2D eigenvalue weighted by atomic mass is 16.4. The molecule has 0 saturated heterocycles. The van der Waals surface area contributed by atoms with E-state index in [1.165, 1.54) is 0 Å². The zero-order valence-electron chi connectivity index (χ0n) is 4.22. The Hall–Kier alpha value is -1.01. The van der Waals surface area contributed by atoms with Crippen LogP contribution in [0.1, 0.15) is 6.42 Å². The lowest BCUT2D eigenvalue weighted by Crippen LogP contribution is -1.87. The van der Waals surface area contributed by atoms with E-state index >= 15 is 0 Å². The molecule has 0 fully saturated rings. The molecule has 0 saturated carbocycles. The Morgan fingerprint density at radius 3 is 2.62 bits per heavy atom. The predicted molar refractivity (Wildman–Crippen MR) is 27.1 cm³/mol. The van der Waals surface area contributed by atoms with Crippen LogP contribution in [0.5, 0.6) is 0 Å². The number of aliphatic hydroxyl groups is 1. The fraction of sp³-hybridized carbons (Fsp3) is 0.400. The van der Waals surface area contributed by atoms with E-state index in [0.717, 1.165) is 0 Å². The predicted octanol–water partition coefficient (Wildman–Crippen LogP) is -0.543. The molecule has 0 heterocycles. The SMILES string of the molecule is O=C(O)C#CCCO. The fourth-order valence-electron chi connectivity index (χ4n) is 0.194. The van der Waals surface area contributed by atoms with Crippen LogP contribution in [0.25, 0.3) is 0 Å². The van der Waals surface area contributed by atoms with Gasteiger partial charge in [-0.2, -0.15) is 0 Å². The molecule has 0 aliphatic rings. The Morgan fingerprint density at radius 2 is 2.25 bits per heavy atom. The van der Waals surface area contributed by atoms with Crippen molar-refractivity contribution in [2.24, 2.45) is 0 Å². The van der Waals surface area contributed by atoms with Crippen molar-refractivity contribution in [3.8, 4) is 11.8 Å². The summed E-state index contributed by atoms with van der Waals surface area (Å²) < 4.78 is 0. The Balaban J connectivity index is 3.35. The molecule has 0 atom stereocenters. The maximum absolute atomic E-state index is 9.62. The van der Waals surface area contributed by atoms with Gasteiger partial charge in [-0.1, -0.05) is 5.92 Å². The van der Waals surface area contributed by atoms with Gasteiger partial charge < -0.3 is 10.2 Å². The van der Waals surface area contributed by atoms with E-state index in [9.17, 15) is 4.79 Å². The molecule has 0 amide bonds. The number of hydrogen-bond donors (Lipinski definition) is 2. The van der Waals surface area contributed by atoms with Crippen LogP contribution in [0.15, 0.2) is 0 Å². The topological polar surface area (TPSA) is 57.5 Å². The van der Waals surface area contributed by atoms with Gasteiger partial charge in [0.2, 0.25) is 0 Å². The highest BCUT2D eigenvalue weighted by Crippen LogP contribution is 1.67. The van der Waals surface area contributed by atoms with E-state index in [4.69, 9.17) is 10.2 Å². The van der Waals surface area contributed by atoms with Crippen LogP contribution in [0, 0.1) is 11.8 Å². The van der Waals surface area contributed by atoms with Gasteiger partial charge in [0, 0.05) is 12.3 Å². The summed E-state index contributed by atoms with van der Waals surface area (Å²) >= 11 is 0. The maximum atomic E-state index is 9.62. The number of carboxylic acid groups (broad SMARTS) is 1. The molecule has 8 heavy (non-hydrogen) atoms. The molecule has 0 radical (unpaired) electrons. The van der Waals surface area contributed by atoms with Crippen LogP contribution < -0.4 is 0 Å². The fourth-order valence-corrected chi connectivity index (χ4v) is 0.194. The number of aliphatic hydroxyl groups excluding tert-OH is 1. The first-order valence-electron chi connectivity index (χ1n) is 2.10. The molecule has 0 rings (SSSR count). The van der Waals surface area contributed by atoms with Crippen LogP contribution >= 0.6 is 0 Å². The lowest BCUT2D eigenvalue weighted by molar-refractivity contribution is -0.130. The minimum absolute atomic E-state index is 0.0831. The quantitative estimate of drug-likeness (QED) is 0.450. The molecule has 0 aromatic heterocycles. The molecule has 0 aliphatic carbocycles. The van der Waals surface area contributed by atoms with Crippen molar-refractivity contribution in [3.05, 3.63) is 0 Å². The normalized spacial score (nSPS) is 7.12. The van der Waals surface area contributed by atoms with Gasteiger partial charge in [-0.05, 0) is 0 Å². The summed E-state index contributed by atoms with van der Waals surface area (Å²) in [5.41, 5.74) is 0. The number of rotatable bonds is 1. The molecular weight excluding hydrogens is 108 g/mol. The molecular formula is C5H6O3. The van der Waals surface area contributed by atoms with E-state index in [1.54, 1.807) is 0 Å². The van der Waals surface area contributed by atoms with Gasteiger partial charge in [0.15, 0.2) is 0 Å². The summed E-state index contributed by atoms with van der Waals surface area (Å²) in [5, 5.41) is 16.0. The summed E-state index contributed by atoms with van der Waals surface area (Å²) in [5.74, 6) is 2.93. The number of hydrogen-bond acceptors (Lipinski definition) is 2. The van der Waals surface area contributed by atoms with Crippen molar-refractivity contribution in [1.82, 2.24) is 0 Å². The lowest BCUT2D eigenvalue weighted by Gasteiger charge is -1.74. The summed E-state index contributed by atoms with van der Waals surface area (Å²) in [7, 11) is 0. The monoisotopic (exact) mass is 114 g/mol. The van der Waals surface area contributed by atoms with Crippen molar-refractivity contribution >= 4 is 5.97 Å². The van der Waals surface area contributed by atoms with Gasteiger partial charge in [-0.3, -0.25) is 0 Å². The van der Waals surface area contributed by atoms with Crippen molar-refractivity contribution in [1.29, 1.82) is 0 Å². The van der Waals surface area contributed by atoms with Crippen LogP contribution in [-0.4, -0.2) is 22.8 Å². The van der Waals surface area contributed by atoms with Gasteiger partial charge in [0.1, 0.15) is 0 Å². The largest absolute Gasteiger partial charge is 0.472 e. The minimum atomic E-state index is -1.15. The first-order valence-corrected chi connectivity index (χ1v) is 2.10. The Bertz CT molecular complexity index is 128. The molecule has 0 aromatic carbocycles. The van der Waals surface area contributed by atoms with Crippen molar-refractivity contribution in [2.75, 3.05) is 6.61 Å². The first-order chi connectivity index (χ1) is 3.77. The first kappa shape index (κ1) is 6.99. The summed E-state index contributed by atoms with van der Waals surface area (Å²) in [6, 6.07) is 0. The molecule has 0 aromatic rings. The van der Waals surface area contributed by atoms with Gasteiger partial charge in [-0.25, -0.2) is 4.79 Å². The maximum Gasteiger partial charge on any atom is 0.381 e. The zero-order valence-corrected chi connectivity index (χ0v) is 4.22. The summed E-state index contributed by atoms with van der Waals surface area (Å²) in [4.78, 5) is 9.62. The van der Waals surface area contributed by atoms with Crippen LogP contribution in [0.2, 0.25) is 0 Å². The van der Waals surface area contributed by atoms with E-state index in [0.29, 0.717) is 0 Å². The van der Waals surface area contributed by atoms with E-state index in [2.05, 4.69) is 5.92 Å². The second-order valence-electron chi connectivity index (χ2n) is 1.08. The van der Waals surface area contributed by atoms with E-state index in [1.807, 2.05) is 5.92 Å². The van der Waals surface area contributed by atoms with Crippen LogP contribution in [0.4, 0.5) is 0 Å². The second kappa shape index (κ2) is 4.16. The molecule has 0 bridgehead atoms. The highest BCUT2D eigenvalue weighted by molar-refractivity contribution is 5.86. The Kier molecular flexibility index (Phi) is 3.63. The van der Waals surface area contributed by atoms with Crippen molar-refractivity contribution in [2.45, 2.75) is 6.42 Å². The third kappa shape index (κ3) is 4.99. The van der Waals surface area contributed by atoms with Crippen LogP contribution in [0.3, 0.4) is 0 Å². The standard InChI is InChI=1S/C5H6O3/c6-4-2-1-3-5(7)8/h6H,2,4H2,(H,7,8). The number of carbonyl (C=O) groups is 1. The van der Waals surface area contributed by atoms with Gasteiger partial charge in [0.25, 0.3) is 0 Å². The molecule has 3 nitrogen and oxygen atoms in total. The zero-order chi connectivity index (χ0) is 6.41. The van der Waals surface area contributed by atoms with Crippen molar-refractivity contribution in [3.63, 3.8) is 0 Å². The minimum Gasteiger partial charge on any atom is -0.472 e. The van der Waals surface area contributed by atoms with E-state index in [-0.39, 0.29) is 13.0 Å². The average Bonchev–Trinajstić information content (AvgIpc) is 1.66.